The Morgan fingerprint density at radius 2 is 1.25 bits per heavy atom. The highest BCUT2D eigenvalue weighted by molar-refractivity contribution is 6.23. The van der Waals surface area contributed by atoms with Crippen molar-refractivity contribution in [2.24, 2.45) is 0 Å². The van der Waals surface area contributed by atoms with Gasteiger partial charge in [-0.1, -0.05) is 54.6 Å². The van der Waals surface area contributed by atoms with Crippen LogP contribution in [0.3, 0.4) is 0 Å². The van der Waals surface area contributed by atoms with Gasteiger partial charge in [0.2, 0.25) is 5.91 Å². The summed E-state index contributed by atoms with van der Waals surface area (Å²) in [6.45, 7) is 1.55. The molecule has 0 fully saturated rings. The molecule has 1 aliphatic rings. The molecule has 0 unspecified atom stereocenters. The fourth-order valence-electron chi connectivity index (χ4n) is 3.30. The molecule has 0 aromatic heterocycles. The van der Waals surface area contributed by atoms with Gasteiger partial charge in [0.05, 0.1) is 11.1 Å². The average molecular weight is 370 g/mol. The van der Waals surface area contributed by atoms with Gasteiger partial charge in [-0.05, 0) is 42.3 Å². The first-order valence-corrected chi connectivity index (χ1v) is 8.99. The lowest BCUT2D eigenvalue weighted by Crippen LogP contribution is -2.45. The predicted octanol–water partition coefficient (Wildman–Crippen LogP) is 3.98. The zero-order valence-corrected chi connectivity index (χ0v) is 15.3. The van der Waals surface area contributed by atoms with Crippen molar-refractivity contribution in [3.8, 4) is 11.1 Å². The number of fused-ring (bicyclic) bond motifs is 1. The van der Waals surface area contributed by atoms with Crippen LogP contribution in [0.2, 0.25) is 0 Å². The fraction of sp³-hybridized carbons (Fsp3) is 0.0870. The molecule has 0 radical (unpaired) electrons. The normalized spacial score (nSPS) is 14.0. The predicted molar refractivity (Wildman–Crippen MR) is 107 cm³/mol. The van der Waals surface area contributed by atoms with Gasteiger partial charge in [-0.15, -0.1) is 0 Å². The molecule has 1 aliphatic heterocycles. The van der Waals surface area contributed by atoms with E-state index in [0.29, 0.717) is 16.8 Å². The van der Waals surface area contributed by atoms with Crippen LogP contribution in [0.25, 0.3) is 11.1 Å². The number of carbonyl (C=O) groups is 3. The van der Waals surface area contributed by atoms with E-state index in [0.717, 1.165) is 16.0 Å². The van der Waals surface area contributed by atoms with Crippen molar-refractivity contribution >= 4 is 23.4 Å². The summed E-state index contributed by atoms with van der Waals surface area (Å²) in [5, 5.41) is 2.78. The highest BCUT2D eigenvalue weighted by Gasteiger charge is 2.40. The second-order valence-electron chi connectivity index (χ2n) is 6.63. The molecule has 5 nitrogen and oxygen atoms in total. The number of carbonyl (C=O) groups excluding carboxylic acids is 3. The molecular weight excluding hydrogens is 352 g/mol. The van der Waals surface area contributed by atoms with Gasteiger partial charge >= 0.3 is 0 Å². The Bertz CT molecular complexity index is 1020. The maximum absolute atomic E-state index is 12.6. The maximum atomic E-state index is 12.6. The highest BCUT2D eigenvalue weighted by Crippen LogP contribution is 2.25. The first-order valence-electron chi connectivity index (χ1n) is 8.99. The van der Waals surface area contributed by atoms with Crippen LogP contribution in [0.15, 0.2) is 78.9 Å². The molecule has 3 amide bonds. The first-order chi connectivity index (χ1) is 13.6. The average Bonchev–Trinajstić information content (AvgIpc) is 2.99. The maximum Gasteiger partial charge on any atom is 0.262 e. The van der Waals surface area contributed by atoms with Crippen LogP contribution in [0.4, 0.5) is 5.69 Å². The molecule has 0 aliphatic carbocycles. The summed E-state index contributed by atoms with van der Waals surface area (Å²) in [7, 11) is 0. The van der Waals surface area contributed by atoms with Gasteiger partial charge in [0.25, 0.3) is 11.8 Å². The lowest BCUT2D eigenvalue weighted by atomic mass is 10.1. The second kappa shape index (κ2) is 7.12. The van der Waals surface area contributed by atoms with E-state index in [1.165, 1.54) is 0 Å². The Kier molecular flexibility index (Phi) is 4.49. The third-order valence-electron chi connectivity index (χ3n) is 4.85. The van der Waals surface area contributed by atoms with Crippen LogP contribution in [-0.4, -0.2) is 28.7 Å². The third-order valence-corrected chi connectivity index (χ3v) is 4.85. The summed E-state index contributed by atoms with van der Waals surface area (Å²) < 4.78 is 0. The number of anilines is 1. The molecular formula is C23H18N2O3. The zero-order valence-electron chi connectivity index (χ0n) is 15.3. The van der Waals surface area contributed by atoms with Gasteiger partial charge in [-0.2, -0.15) is 0 Å². The number of imide groups is 1. The Hall–Kier alpha value is -3.73. The van der Waals surface area contributed by atoms with E-state index >= 15 is 0 Å². The third kappa shape index (κ3) is 3.07. The Balaban J connectivity index is 1.48. The summed E-state index contributed by atoms with van der Waals surface area (Å²) >= 11 is 0. The van der Waals surface area contributed by atoms with E-state index in [1.807, 2.05) is 42.5 Å². The minimum absolute atomic E-state index is 0.333. The summed E-state index contributed by atoms with van der Waals surface area (Å²) in [6.07, 6.45) is 0. The van der Waals surface area contributed by atoms with Gasteiger partial charge in [0.1, 0.15) is 6.04 Å². The van der Waals surface area contributed by atoms with Crippen molar-refractivity contribution in [2.75, 3.05) is 5.32 Å². The fourth-order valence-corrected chi connectivity index (χ4v) is 3.30. The second-order valence-corrected chi connectivity index (χ2v) is 6.63. The first kappa shape index (κ1) is 17.7. The zero-order chi connectivity index (χ0) is 19.7. The summed E-state index contributed by atoms with van der Waals surface area (Å²) in [4.78, 5) is 38.7. The highest BCUT2D eigenvalue weighted by atomic mass is 16.2. The van der Waals surface area contributed by atoms with Crippen molar-refractivity contribution in [1.29, 1.82) is 0 Å². The number of nitrogens with one attached hydrogen (secondary N) is 1. The number of hydrogen-bond acceptors (Lipinski definition) is 3. The molecule has 1 N–H and O–H groups in total. The summed E-state index contributed by atoms with van der Waals surface area (Å²) in [5.41, 5.74) is 3.39. The molecule has 138 valence electrons. The largest absolute Gasteiger partial charge is 0.324 e. The number of benzene rings is 3. The molecule has 1 atom stereocenters. The van der Waals surface area contributed by atoms with Crippen LogP contribution >= 0.6 is 0 Å². The van der Waals surface area contributed by atoms with Crippen LogP contribution in [0.5, 0.6) is 0 Å². The quantitative estimate of drug-likeness (QED) is 0.707. The van der Waals surface area contributed by atoms with Crippen LogP contribution < -0.4 is 5.32 Å². The van der Waals surface area contributed by atoms with Crippen LogP contribution in [0, 0.1) is 0 Å². The van der Waals surface area contributed by atoms with Gasteiger partial charge in [0, 0.05) is 5.69 Å². The van der Waals surface area contributed by atoms with E-state index in [-0.39, 0.29) is 0 Å². The van der Waals surface area contributed by atoms with Crippen molar-refractivity contribution in [1.82, 2.24) is 4.90 Å². The smallest absolute Gasteiger partial charge is 0.262 e. The minimum Gasteiger partial charge on any atom is -0.324 e. The van der Waals surface area contributed by atoms with E-state index < -0.39 is 23.8 Å². The molecule has 0 saturated carbocycles. The SMILES string of the molecule is C[C@@H](C(=O)Nc1ccc(-c2ccccc2)cc1)N1C(=O)c2ccccc2C1=O. The van der Waals surface area contributed by atoms with Crippen molar-refractivity contribution in [3.63, 3.8) is 0 Å². The Morgan fingerprint density at radius 1 is 0.750 bits per heavy atom. The molecule has 4 rings (SSSR count). The molecule has 0 saturated heterocycles. The molecule has 3 aromatic carbocycles. The van der Waals surface area contributed by atoms with E-state index in [2.05, 4.69) is 5.32 Å². The van der Waals surface area contributed by atoms with E-state index in [4.69, 9.17) is 0 Å². The van der Waals surface area contributed by atoms with E-state index in [1.54, 1.807) is 43.3 Å². The Labute approximate surface area is 162 Å². The molecule has 28 heavy (non-hydrogen) atoms. The molecule has 3 aromatic rings. The van der Waals surface area contributed by atoms with Crippen LogP contribution in [-0.2, 0) is 4.79 Å². The molecule has 1 heterocycles. The molecule has 0 spiro atoms. The van der Waals surface area contributed by atoms with Crippen molar-refractivity contribution < 1.29 is 14.4 Å². The monoisotopic (exact) mass is 370 g/mol. The standard InChI is InChI=1S/C23H18N2O3/c1-15(25-22(27)19-9-5-6-10-20(19)23(25)28)21(26)24-18-13-11-17(12-14-18)16-7-3-2-4-8-16/h2-15H,1H3,(H,24,26)/t15-/m0/s1. The molecule has 0 bridgehead atoms. The van der Waals surface area contributed by atoms with Gasteiger partial charge in [0.15, 0.2) is 0 Å². The van der Waals surface area contributed by atoms with Crippen LogP contribution in [0.1, 0.15) is 27.6 Å². The minimum atomic E-state index is -0.916. The Morgan fingerprint density at radius 3 is 1.82 bits per heavy atom. The number of hydrogen-bond donors (Lipinski definition) is 1. The lowest BCUT2D eigenvalue weighted by Gasteiger charge is -2.21. The lowest BCUT2D eigenvalue weighted by molar-refractivity contribution is -0.119. The van der Waals surface area contributed by atoms with Gasteiger partial charge in [-0.3, -0.25) is 19.3 Å². The van der Waals surface area contributed by atoms with E-state index in [9.17, 15) is 14.4 Å². The number of rotatable bonds is 4. The number of nitrogens with zero attached hydrogens (tertiary/aromatic N) is 1. The van der Waals surface area contributed by atoms with Crippen molar-refractivity contribution in [3.05, 3.63) is 90.0 Å². The van der Waals surface area contributed by atoms with Crippen molar-refractivity contribution in [2.45, 2.75) is 13.0 Å². The summed E-state index contributed by atoms with van der Waals surface area (Å²) in [5.74, 6) is -1.30. The van der Waals surface area contributed by atoms with Gasteiger partial charge < -0.3 is 5.32 Å². The molecule has 5 heteroatoms. The topological polar surface area (TPSA) is 66.5 Å². The summed E-state index contributed by atoms with van der Waals surface area (Å²) in [6, 6.07) is 23.0. The van der Waals surface area contributed by atoms with Gasteiger partial charge in [-0.25, -0.2) is 0 Å². The number of amides is 3.